The molecular weight excluding hydrogens is 208 g/mol. The summed E-state index contributed by atoms with van der Waals surface area (Å²) in [6.07, 6.45) is 9.19. The van der Waals surface area contributed by atoms with E-state index in [4.69, 9.17) is 0 Å². The van der Waals surface area contributed by atoms with E-state index in [1.165, 1.54) is 15.9 Å². The van der Waals surface area contributed by atoms with Crippen molar-refractivity contribution >= 4 is 18.8 Å². The maximum atomic E-state index is 2.37. The van der Waals surface area contributed by atoms with Gasteiger partial charge < -0.3 is 0 Å². The SMILES string of the molecule is Cc1ccc([Si](C)=C2C=CC(C)C=C2)cc1. The Morgan fingerprint density at radius 1 is 1.00 bits per heavy atom. The lowest BCUT2D eigenvalue weighted by atomic mass is 10.1. The molecule has 0 aromatic heterocycles. The quantitative estimate of drug-likeness (QED) is 0.646. The van der Waals surface area contributed by atoms with Crippen LogP contribution in [0.15, 0.2) is 48.6 Å². The van der Waals surface area contributed by atoms with Gasteiger partial charge in [-0.3, -0.25) is 0 Å². The van der Waals surface area contributed by atoms with E-state index in [9.17, 15) is 0 Å². The Kier molecular flexibility index (Phi) is 3.35. The van der Waals surface area contributed by atoms with Gasteiger partial charge in [0.2, 0.25) is 0 Å². The Morgan fingerprint density at radius 2 is 1.56 bits per heavy atom. The largest absolute Gasteiger partial charge is 0.0777 e. The van der Waals surface area contributed by atoms with Crippen molar-refractivity contribution in [2.75, 3.05) is 0 Å². The first kappa shape index (κ1) is 11.3. The second-order valence-electron chi connectivity index (χ2n) is 4.52. The summed E-state index contributed by atoms with van der Waals surface area (Å²) in [4.78, 5) is 0. The maximum absolute atomic E-state index is 2.37. The van der Waals surface area contributed by atoms with Gasteiger partial charge in [0.05, 0.1) is 8.41 Å². The van der Waals surface area contributed by atoms with Crippen LogP contribution < -0.4 is 5.19 Å². The van der Waals surface area contributed by atoms with Crippen LogP contribution in [-0.4, -0.2) is 13.6 Å². The molecule has 0 atom stereocenters. The van der Waals surface area contributed by atoms with E-state index in [0.29, 0.717) is 5.92 Å². The molecule has 82 valence electrons. The molecule has 0 unspecified atom stereocenters. The third-order valence-electron chi connectivity index (χ3n) is 3.08. The summed E-state index contributed by atoms with van der Waals surface area (Å²) >= 11 is 0. The standard InChI is InChI=1S/C15H18Si/c1-12-4-8-14(9-5-12)16(3)15-10-6-13(2)7-11-15/h4-12H,1-3H3. The molecule has 0 N–H and O–H groups in total. The van der Waals surface area contributed by atoms with Crippen LogP contribution in [0.25, 0.3) is 0 Å². The van der Waals surface area contributed by atoms with Gasteiger partial charge in [0.15, 0.2) is 0 Å². The third kappa shape index (κ3) is 2.48. The first-order valence-corrected chi connectivity index (χ1v) is 7.81. The first-order valence-electron chi connectivity index (χ1n) is 5.81. The lowest BCUT2D eigenvalue weighted by Crippen LogP contribution is -2.25. The fourth-order valence-corrected chi connectivity index (χ4v) is 3.54. The second-order valence-corrected chi connectivity index (χ2v) is 6.93. The molecule has 0 aliphatic heterocycles. The van der Waals surface area contributed by atoms with Crippen molar-refractivity contribution in [3.8, 4) is 0 Å². The van der Waals surface area contributed by atoms with Crippen molar-refractivity contribution < 1.29 is 0 Å². The molecule has 1 aromatic rings. The van der Waals surface area contributed by atoms with Gasteiger partial charge in [-0.2, -0.15) is 0 Å². The minimum absolute atomic E-state index is 0.564. The minimum Gasteiger partial charge on any atom is -0.0777 e. The van der Waals surface area contributed by atoms with E-state index in [-0.39, 0.29) is 0 Å². The van der Waals surface area contributed by atoms with Gasteiger partial charge in [0.25, 0.3) is 0 Å². The molecule has 0 fully saturated rings. The summed E-state index contributed by atoms with van der Waals surface area (Å²) in [5, 5.41) is 3.00. The Morgan fingerprint density at radius 3 is 2.12 bits per heavy atom. The number of hydrogen-bond acceptors (Lipinski definition) is 0. The predicted molar refractivity (Wildman–Crippen MR) is 74.9 cm³/mol. The van der Waals surface area contributed by atoms with Crippen molar-refractivity contribution in [3.63, 3.8) is 0 Å². The zero-order valence-electron chi connectivity index (χ0n) is 10.2. The molecule has 0 saturated carbocycles. The van der Waals surface area contributed by atoms with Crippen LogP contribution in [0.5, 0.6) is 0 Å². The molecule has 0 spiro atoms. The van der Waals surface area contributed by atoms with E-state index in [1.54, 1.807) is 0 Å². The van der Waals surface area contributed by atoms with E-state index in [2.05, 4.69) is 69.0 Å². The highest BCUT2D eigenvalue weighted by Crippen LogP contribution is 2.06. The van der Waals surface area contributed by atoms with E-state index in [1.807, 2.05) is 0 Å². The Bertz CT molecular complexity index is 445. The molecule has 0 heterocycles. The molecule has 0 bridgehead atoms. The smallest absolute Gasteiger partial charge is 0.0511 e. The van der Waals surface area contributed by atoms with E-state index < -0.39 is 8.41 Å². The fourth-order valence-electron chi connectivity index (χ4n) is 1.85. The molecule has 1 heteroatoms. The maximum Gasteiger partial charge on any atom is 0.0511 e. The highest BCUT2D eigenvalue weighted by Gasteiger charge is 2.04. The fraction of sp³-hybridized carbons (Fsp3) is 0.267. The zero-order valence-corrected chi connectivity index (χ0v) is 11.2. The molecule has 1 aliphatic carbocycles. The Labute approximate surface area is 99.5 Å². The summed E-state index contributed by atoms with van der Waals surface area (Å²) in [5.74, 6) is 0.594. The molecule has 16 heavy (non-hydrogen) atoms. The van der Waals surface area contributed by atoms with Crippen LogP contribution in [0, 0.1) is 12.8 Å². The van der Waals surface area contributed by atoms with E-state index >= 15 is 0 Å². The molecular formula is C15H18Si. The normalized spacial score (nSPS) is 18.9. The highest BCUT2D eigenvalue weighted by molar-refractivity contribution is 6.84. The van der Waals surface area contributed by atoms with Crippen molar-refractivity contribution in [3.05, 3.63) is 54.1 Å². The van der Waals surface area contributed by atoms with Crippen LogP contribution in [0.4, 0.5) is 0 Å². The first-order chi connectivity index (χ1) is 7.66. The van der Waals surface area contributed by atoms with Crippen molar-refractivity contribution in [2.24, 2.45) is 5.92 Å². The van der Waals surface area contributed by atoms with Gasteiger partial charge in [0, 0.05) is 0 Å². The lowest BCUT2D eigenvalue weighted by Gasteiger charge is -2.10. The van der Waals surface area contributed by atoms with Crippen LogP contribution in [-0.2, 0) is 0 Å². The number of allylic oxidation sites excluding steroid dienone is 4. The Hall–Kier alpha value is -1.21. The number of rotatable bonds is 1. The second kappa shape index (κ2) is 4.75. The topological polar surface area (TPSA) is 0 Å². The molecule has 0 saturated heterocycles. The molecule has 1 aromatic carbocycles. The molecule has 0 radical (unpaired) electrons. The Balaban J connectivity index is 2.34. The number of aryl methyl sites for hydroxylation is 1. The van der Waals surface area contributed by atoms with Crippen LogP contribution in [0.3, 0.4) is 0 Å². The van der Waals surface area contributed by atoms with Gasteiger partial charge in [0.1, 0.15) is 0 Å². The summed E-state index contributed by atoms with van der Waals surface area (Å²) < 4.78 is 0. The minimum atomic E-state index is -0.564. The molecule has 1 aliphatic rings. The van der Waals surface area contributed by atoms with Gasteiger partial charge in [-0.1, -0.05) is 67.6 Å². The zero-order chi connectivity index (χ0) is 11.5. The predicted octanol–water partition coefficient (Wildman–Crippen LogP) is 2.84. The average Bonchev–Trinajstić information content (AvgIpc) is 2.30. The van der Waals surface area contributed by atoms with Crippen molar-refractivity contribution in [1.29, 1.82) is 0 Å². The van der Waals surface area contributed by atoms with Gasteiger partial charge in [-0.25, -0.2) is 0 Å². The van der Waals surface area contributed by atoms with Crippen LogP contribution in [0.2, 0.25) is 6.55 Å². The van der Waals surface area contributed by atoms with Crippen molar-refractivity contribution in [1.82, 2.24) is 0 Å². The summed E-state index contributed by atoms with van der Waals surface area (Å²) in [6, 6.07) is 8.97. The van der Waals surface area contributed by atoms with Crippen molar-refractivity contribution in [2.45, 2.75) is 20.4 Å². The summed E-state index contributed by atoms with van der Waals surface area (Å²) in [6.45, 7) is 6.73. The monoisotopic (exact) mass is 226 g/mol. The van der Waals surface area contributed by atoms with Gasteiger partial charge in [-0.15, -0.1) is 0 Å². The number of benzene rings is 1. The van der Waals surface area contributed by atoms with E-state index in [0.717, 1.165) is 0 Å². The highest BCUT2D eigenvalue weighted by atomic mass is 28.2. The van der Waals surface area contributed by atoms with Gasteiger partial charge in [-0.05, 0) is 23.2 Å². The lowest BCUT2D eigenvalue weighted by molar-refractivity contribution is 0.938. The number of hydrogen-bond donors (Lipinski definition) is 0. The van der Waals surface area contributed by atoms with Crippen LogP contribution >= 0.6 is 0 Å². The molecule has 2 rings (SSSR count). The molecule has 0 amide bonds. The van der Waals surface area contributed by atoms with Gasteiger partial charge >= 0.3 is 0 Å². The summed E-state index contributed by atoms with van der Waals surface area (Å²) in [7, 11) is -0.564. The molecule has 0 nitrogen and oxygen atoms in total. The average molecular weight is 226 g/mol. The third-order valence-corrected chi connectivity index (χ3v) is 5.47. The summed E-state index contributed by atoms with van der Waals surface area (Å²) in [5.41, 5.74) is 1.34. The van der Waals surface area contributed by atoms with Crippen LogP contribution in [0.1, 0.15) is 12.5 Å².